The number of aliphatic hydroxyl groups is 1. The lowest BCUT2D eigenvalue weighted by molar-refractivity contribution is 0.269. The number of hydrogen-bond donors (Lipinski definition) is 1. The topological polar surface area (TPSA) is 57.6 Å². The van der Waals surface area contributed by atoms with Crippen LogP contribution in [0.3, 0.4) is 0 Å². The number of likely N-dealkylation sites (N-methyl/N-ethyl adjacent to an activating group) is 1. The van der Waals surface area contributed by atoms with Crippen LogP contribution in [0.2, 0.25) is 5.02 Å². The van der Waals surface area contributed by atoms with Gasteiger partial charge in [-0.1, -0.05) is 17.7 Å². The van der Waals surface area contributed by atoms with Gasteiger partial charge in [0.15, 0.2) is 9.84 Å². The molecule has 2 rings (SSSR count). The van der Waals surface area contributed by atoms with Crippen molar-refractivity contribution in [1.82, 2.24) is 0 Å². The van der Waals surface area contributed by atoms with Gasteiger partial charge in [-0.2, -0.15) is 0 Å². The molecule has 0 fully saturated rings. The lowest BCUT2D eigenvalue weighted by Gasteiger charge is -2.35. The van der Waals surface area contributed by atoms with Gasteiger partial charge in [-0.15, -0.1) is 0 Å². The maximum absolute atomic E-state index is 11.9. The molecular formula is C10H12ClNO3S. The van der Waals surface area contributed by atoms with E-state index in [2.05, 4.69) is 0 Å². The van der Waals surface area contributed by atoms with Crippen LogP contribution in [-0.4, -0.2) is 39.0 Å². The fourth-order valence-corrected chi connectivity index (χ4v) is 4.11. The van der Waals surface area contributed by atoms with Gasteiger partial charge >= 0.3 is 0 Å². The Morgan fingerprint density at radius 3 is 2.88 bits per heavy atom. The molecule has 88 valence electrons. The van der Waals surface area contributed by atoms with Crippen molar-refractivity contribution in [1.29, 1.82) is 0 Å². The van der Waals surface area contributed by atoms with Crippen LogP contribution in [0, 0.1) is 0 Å². The Morgan fingerprint density at radius 2 is 2.25 bits per heavy atom. The van der Waals surface area contributed by atoms with E-state index in [0.717, 1.165) is 0 Å². The van der Waals surface area contributed by atoms with Gasteiger partial charge in [0.25, 0.3) is 0 Å². The van der Waals surface area contributed by atoms with Crippen molar-refractivity contribution in [3.63, 3.8) is 0 Å². The number of aliphatic hydroxyl groups excluding tert-OH is 1. The van der Waals surface area contributed by atoms with E-state index < -0.39 is 15.9 Å². The minimum absolute atomic E-state index is 0.0760. The van der Waals surface area contributed by atoms with Crippen molar-refractivity contribution in [3.05, 3.63) is 23.2 Å². The van der Waals surface area contributed by atoms with E-state index in [-0.39, 0.29) is 17.3 Å². The molecule has 1 aromatic carbocycles. The van der Waals surface area contributed by atoms with Gasteiger partial charge in [-0.05, 0) is 12.1 Å². The van der Waals surface area contributed by atoms with E-state index in [0.29, 0.717) is 10.7 Å². The fraction of sp³-hybridized carbons (Fsp3) is 0.400. The number of para-hydroxylation sites is 1. The molecule has 1 aromatic rings. The molecule has 1 aliphatic heterocycles. The summed E-state index contributed by atoms with van der Waals surface area (Å²) in [6.45, 7) is -0.208. The highest BCUT2D eigenvalue weighted by Crippen LogP contribution is 2.37. The Bertz CT molecular complexity index is 515. The third-order valence-electron chi connectivity index (χ3n) is 2.81. The summed E-state index contributed by atoms with van der Waals surface area (Å²) in [6.07, 6.45) is 0. The molecule has 0 bridgehead atoms. The van der Waals surface area contributed by atoms with Gasteiger partial charge in [0.2, 0.25) is 0 Å². The second-order valence-corrected chi connectivity index (χ2v) is 6.23. The van der Waals surface area contributed by atoms with E-state index in [9.17, 15) is 8.42 Å². The molecule has 6 heteroatoms. The molecule has 0 amide bonds. The zero-order chi connectivity index (χ0) is 11.9. The molecule has 0 saturated carbocycles. The average Bonchev–Trinajstić information content (AvgIpc) is 2.23. The lowest BCUT2D eigenvalue weighted by atomic mass is 10.2. The largest absolute Gasteiger partial charge is 0.394 e. The highest BCUT2D eigenvalue weighted by molar-refractivity contribution is 7.91. The Hall–Kier alpha value is -0.780. The van der Waals surface area contributed by atoms with Crippen LogP contribution >= 0.6 is 11.6 Å². The predicted molar refractivity (Wildman–Crippen MR) is 62.8 cm³/mol. The van der Waals surface area contributed by atoms with Crippen LogP contribution in [0.5, 0.6) is 0 Å². The van der Waals surface area contributed by atoms with E-state index in [1.807, 2.05) is 0 Å². The van der Waals surface area contributed by atoms with Crippen molar-refractivity contribution in [2.75, 3.05) is 24.3 Å². The molecule has 4 nitrogen and oxygen atoms in total. The molecule has 0 radical (unpaired) electrons. The van der Waals surface area contributed by atoms with Gasteiger partial charge in [0.1, 0.15) is 0 Å². The number of halogens is 1. The first kappa shape index (κ1) is 11.7. The fourth-order valence-electron chi connectivity index (χ4n) is 1.90. The van der Waals surface area contributed by atoms with Crippen LogP contribution in [0.25, 0.3) is 0 Å². The summed E-state index contributed by atoms with van der Waals surface area (Å²) in [6, 6.07) is 4.37. The number of nitrogens with zero attached hydrogens (tertiary/aromatic N) is 1. The molecule has 0 saturated heterocycles. The van der Waals surface area contributed by atoms with Gasteiger partial charge in [-0.3, -0.25) is 0 Å². The van der Waals surface area contributed by atoms with E-state index >= 15 is 0 Å². The lowest BCUT2D eigenvalue weighted by Crippen LogP contribution is -2.44. The Kier molecular flexibility index (Phi) is 2.86. The minimum atomic E-state index is -3.34. The highest BCUT2D eigenvalue weighted by Gasteiger charge is 2.34. The standard InChI is InChI=1S/C10H12ClNO3S/c1-12-7(5-13)6-16(14,15)9-4-2-3-8(11)10(9)12/h2-4,7,13H,5-6H2,1H3. The first-order valence-electron chi connectivity index (χ1n) is 4.82. The molecule has 0 spiro atoms. The number of benzene rings is 1. The second kappa shape index (κ2) is 3.91. The van der Waals surface area contributed by atoms with Gasteiger partial charge in [0.05, 0.1) is 34.0 Å². The van der Waals surface area contributed by atoms with Crippen molar-refractivity contribution in [3.8, 4) is 0 Å². The summed E-state index contributed by atoms with van der Waals surface area (Å²) in [5, 5.41) is 9.55. The SMILES string of the molecule is CN1c2c(Cl)cccc2S(=O)(=O)CC1CO. The molecular weight excluding hydrogens is 250 g/mol. The van der Waals surface area contributed by atoms with Crippen LogP contribution in [-0.2, 0) is 9.84 Å². The highest BCUT2D eigenvalue weighted by atomic mass is 35.5. The smallest absolute Gasteiger partial charge is 0.182 e. The summed E-state index contributed by atoms with van der Waals surface area (Å²) in [5.41, 5.74) is 0.481. The molecule has 16 heavy (non-hydrogen) atoms. The normalized spacial score (nSPS) is 22.9. The maximum Gasteiger partial charge on any atom is 0.182 e. The summed E-state index contributed by atoms with van der Waals surface area (Å²) < 4.78 is 23.9. The molecule has 1 N–H and O–H groups in total. The van der Waals surface area contributed by atoms with Gasteiger partial charge < -0.3 is 10.0 Å². The zero-order valence-electron chi connectivity index (χ0n) is 8.72. The van der Waals surface area contributed by atoms with Crippen LogP contribution in [0.1, 0.15) is 0 Å². The Labute approximate surface area is 99.4 Å². The minimum Gasteiger partial charge on any atom is -0.394 e. The van der Waals surface area contributed by atoms with Crippen molar-refractivity contribution in [2.45, 2.75) is 10.9 Å². The van der Waals surface area contributed by atoms with Crippen molar-refractivity contribution >= 4 is 27.1 Å². The molecule has 0 aromatic heterocycles. The molecule has 1 atom stereocenters. The van der Waals surface area contributed by atoms with Gasteiger partial charge in [0, 0.05) is 7.05 Å². The number of anilines is 1. The van der Waals surface area contributed by atoms with E-state index in [1.165, 1.54) is 0 Å². The van der Waals surface area contributed by atoms with Gasteiger partial charge in [-0.25, -0.2) is 8.42 Å². The van der Waals surface area contributed by atoms with Crippen LogP contribution in [0.15, 0.2) is 23.1 Å². The number of rotatable bonds is 1. The number of sulfone groups is 1. The molecule has 0 aliphatic carbocycles. The van der Waals surface area contributed by atoms with E-state index in [4.69, 9.17) is 16.7 Å². The van der Waals surface area contributed by atoms with E-state index in [1.54, 1.807) is 30.1 Å². The third-order valence-corrected chi connectivity index (χ3v) is 4.94. The first-order chi connectivity index (χ1) is 7.47. The van der Waals surface area contributed by atoms with Crippen LogP contribution < -0.4 is 4.90 Å². The summed E-state index contributed by atoms with van der Waals surface area (Å²) in [4.78, 5) is 1.96. The predicted octanol–water partition coefficient (Wildman–Crippen LogP) is 0.924. The monoisotopic (exact) mass is 261 g/mol. The molecule has 1 heterocycles. The van der Waals surface area contributed by atoms with Crippen LogP contribution in [0.4, 0.5) is 5.69 Å². The third kappa shape index (κ3) is 1.69. The average molecular weight is 262 g/mol. The summed E-state index contributed by atoms with van der Waals surface area (Å²) in [5.74, 6) is -0.0760. The summed E-state index contributed by atoms with van der Waals surface area (Å²) in [7, 11) is -1.61. The zero-order valence-corrected chi connectivity index (χ0v) is 10.3. The summed E-state index contributed by atoms with van der Waals surface area (Å²) >= 11 is 6.00. The number of fused-ring (bicyclic) bond motifs is 1. The van der Waals surface area contributed by atoms with Crippen molar-refractivity contribution < 1.29 is 13.5 Å². The molecule has 1 aliphatic rings. The Balaban J connectivity index is 2.68. The number of hydrogen-bond acceptors (Lipinski definition) is 4. The Morgan fingerprint density at radius 1 is 1.56 bits per heavy atom. The molecule has 1 unspecified atom stereocenters. The van der Waals surface area contributed by atoms with Crippen molar-refractivity contribution in [2.24, 2.45) is 0 Å². The maximum atomic E-state index is 11.9. The first-order valence-corrected chi connectivity index (χ1v) is 6.85. The quantitative estimate of drug-likeness (QED) is 0.817. The second-order valence-electron chi connectivity index (χ2n) is 3.82.